The SMILES string of the molecule is O=C(NCc1ccno1)[C@H]1Cc2ccccc2CN1. The van der Waals surface area contributed by atoms with Gasteiger partial charge in [-0.1, -0.05) is 29.4 Å². The van der Waals surface area contributed by atoms with Crippen LogP contribution in [0, 0.1) is 0 Å². The molecule has 1 amide bonds. The highest BCUT2D eigenvalue weighted by atomic mass is 16.5. The van der Waals surface area contributed by atoms with E-state index < -0.39 is 0 Å². The average Bonchev–Trinajstić information content (AvgIpc) is 2.97. The Morgan fingerprint density at radius 2 is 2.21 bits per heavy atom. The van der Waals surface area contributed by atoms with Crippen molar-refractivity contribution in [1.29, 1.82) is 0 Å². The fourth-order valence-electron chi connectivity index (χ4n) is 2.27. The lowest BCUT2D eigenvalue weighted by atomic mass is 9.95. The molecule has 1 aromatic heterocycles. The molecular formula is C14H15N3O2. The number of amides is 1. The molecule has 19 heavy (non-hydrogen) atoms. The molecule has 0 saturated heterocycles. The molecule has 0 bridgehead atoms. The molecular weight excluding hydrogens is 242 g/mol. The van der Waals surface area contributed by atoms with Crippen LogP contribution in [0.2, 0.25) is 0 Å². The first-order valence-electron chi connectivity index (χ1n) is 6.30. The van der Waals surface area contributed by atoms with Gasteiger partial charge in [-0.05, 0) is 17.5 Å². The molecule has 2 N–H and O–H groups in total. The van der Waals surface area contributed by atoms with Gasteiger partial charge >= 0.3 is 0 Å². The molecule has 0 radical (unpaired) electrons. The summed E-state index contributed by atoms with van der Waals surface area (Å²) in [5.74, 6) is 0.649. The lowest BCUT2D eigenvalue weighted by Crippen LogP contribution is -2.47. The number of hydrogen-bond acceptors (Lipinski definition) is 4. The van der Waals surface area contributed by atoms with E-state index in [9.17, 15) is 4.79 Å². The van der Waals surface area contributed by atoms with Crippen molar-refractivity contribution >= 4 is 5.91 Å². The van der Waals surface area contributed by atoms with Crippen molar-refractivity contribution in [2.75, 3.05) is 0 Å². The minimum absolute atomic E-state index is 0.00842. The number of nitrogens with one attached hydrogen (secondary N) is 2. The molecule has 0 spiro atoms. The average molecular weight is 257 g/mol. The molecule has 98 valence electrons. The molecule has 5 heteroatoms. The largest absolute Gasteiger partial charge is 0.360 e. The lowest BCUT2D eigenvalue weighted by molar-refractivity contribution is -0.123. The minimum Gasteiger partial charge on any atom is -0.360 e. The summed E-state index contributed by atoms with van der Waals surface area (Å²) in [5.41, 5.74) is 2.50. The molecule has 0 aliphatic carbocycles. The van der Waals surface area contributed by atoms with Crippen LogP contribution in [0.5, 0.6) is 0 Å². The highest BCUT2D eigenvalue weighted by Gasteiger charge is 2.23. The number of carbonyl (C=O) groups is 1. The van der Waals surface area contributed by atoms with E-state index in [0.717, 1.165) is 13.0 Å². The number of nitrogens with zero attached hydrogens (tertiary/aromatic N) is 1. The summed E-state index contributed by atoms with van der Waals surface area (Å²) in [6, 6.07) is 9.75. The maximum absolute atomic E-state index is 12.1. The molecule has 0 unspecified atom stereocenters. The van der Waals surface area contributed by atoms with Gasteiger partial charge in [-0.2, -0.15) is 0 Å². The van der Waals surface area contributed by atoms with Crippen molar-refractivity contribution in [1.82, 2.24) is 15.8 Å². The Labute approximate surface area is 111 Å². The molecule has 1 aromatic carbocycles. The molecule has 5 nitrogen and oxygen atoms in total. The quantitative estimate of drug-likeness (QED) is 0.861. The van der Waals surface area contributed by atoms with Crippen LogP contribution >= 0.6 is 0 Å². The second-order valence-corrected chi connectivity index (χ2v) is 4.60. The van der Waals surface area contributed by atoms with Crippen molar-refractivity contribution in [2.24, 2.45) is 0 Å². The molecule has 3 rings (SSSR count). The second-order valence-electron chi connectivity index (χ2n) is 4.60. The lowest BCUT2D eigenvalue weighted by Gasteiger charge is -2.25. The summed E-state index contributed by atoms with van der Waals surface area (Å²) in [6.45, 7) is 1.11. The zero-order valence-corrected chi connectivity index (χ0v) is 10.4. The van der Waals surface area contributed by atoms with E-state index in [2.05, 4.69) is 27.9 Å². The van der Waals surface area contributed by atoms with Gasteiger partial charge in [0.1, 0.15) is 0 Å². The van der Waals surface area contributed by atoms with Crippen molar-refractivity contribution in [3.63, 3.8) is 0 Å². The van der Waals surface area contributed by atoms with Crippen LogP contribution in [0.1, 0.15) is 16.9 Å². The van der Waals surface area contributed by atoms with Crippen LogP contribution in [-0.2, 0) is 24.3 Å². The zero-order chi connectivity index (χ0) is 13.1. The fourth-order valence-corrected chi connectivity index (χ4v) is 2.27. The van der Waals surface area contributed by atoms with E-state index in [1.807, 2.05) is 12.1 Å². The fraction of sp³-hybridized carbons (Fsp3) is 0.286. The number of fused-ring (bicyclic) bond motifs is 1. The number of rotatable bonds is 3. The molecule has 1 aliphatic rings. The van der Waals surface area contributed by atoms with Gasteiger partial charge in [-0.3, -0.25) is 4.79 Å². The Morgan fingerprint density at radius 3 is 3.00 bits per heavy atom. The summed E-state index contributed by atoms with van der Waals surface area (Å²) < 4.78 is 4.94. The predicted octanol–water partition coefficient (Wildman–Crippen LogP) is 1.01. The van der Waals surface area contributed by atoms with Crippen molar-refractivity contribution in [2.45, 2.75) is 25.6 Å². The Hall–Kier alpha value is -2.14. The van der Waals surface area contributed by atoms with Crippen LogP contribution < -0.4 is 10.6 Å². The summed E-state index contributed by atoms with van der Waals surface area (Å²) in [7, 11) is 0. The van der Waals surface area contributed by atoms with E-state index in [1.54, 1.807) is 12.3 Å². The Kier molecular flexibility index (Phi) is 3.29. The molecule has 0 saturated carbocycles. The number of benzene rings is 1. The molecule has 2 heterocycles. The van der Waals surface area contributed by atoms with Gasteiger partial charge in [-0.25, -0.2) is 0 Å². The maximum atomic E-state index is 12.1. The molecule has 1 aliphatic heterocycles. The van der Waals surface area contributed by atoms with Gasteiger partial charge in [0.05, 0.1) is 18.8 Å². The standard InChI is InChI=1S/C14H15N3O2/c18-14(16-9-12-5-6-17-19-12)13-7-10-3-1-2-4-11(10)8-15-13/h1-6,13,15H,7-9H2,(H,16,18)/t13-/m1/s1. The molecule has 0 fully saturated rings. The monoisotopic (exact) mass is 257 g/mol. The zero-order valence-electron chi connectivity index (χ0n) is 10.4. The first-order chi connectivity index (χ1) is 9.33. The number of aromatic nitrogens is 1. The summed E-state index contributed by atoms with van der Waals surface area (Å²) in [6.07, 6.45) is 2.29. The van der Waals surface area contributed by atoms with Crippen LogP contribution in [0.15, 0.2) is 41.1 Å². The van der Waals surface area contributed by atoms with E-state index in [0.29, 0.717) is 12.3 Å². The maximum Gasteiger partial charge on any atom is 0.237 e. The van der Waals surface area contributed by atoms with Crippen LogP contribution in [-0.4, -0.2) is 17.1 Å². The molecule has 2 aromatic rings. The number of carbonyl (C=O) groups excluding carboxylic acids is 1. The predicted molar refractivity (Wildman–Crippen MR) is 69.1 cm³/mol. The Bertz CT molecular complexity index is 566. The van der Waals surface area contributed by atoms with Gasteiger partial charge in [0.2, 0.25) is 5.91 Å². The van der Waals surface area contributed by atoms with Crippen LogP contribution in [0.3, 0.4) is 0 Å². The number of hydrogen-bond donors (Lipinski definition) is 2. The first-order valence-corrected chi connectivity index (χ1v) is 6.30. The minimum atomic E-state index is -0.183. The van der Waals surface area contributed by atoms with E-state index in [-0.39, 0.29) is 11.9 Å². The van der Waals surface area contributed by atoms with Crippen molar-refractivity contribution < 1.29 is 9.32 Å². The summed E-state index contributed by atoms with van der Waals surface area (Å²) in [4.78, 5) is 12.1. The third kappa shape index (κ3) is 2.66. The third-order valence-electron chi connectivity index (χ3n) is 3.33. The van der Waals surface area contributed by atoms with Crippen molar-refractivity contribution in [3.05, 3.63) is 53.4 Å². The van der Waals surface area contributed by atoms with Gasteiger partial charge < -0.3 is 15.2 Å². The Morgan fingerprint density at radius 1 is 1.37 bits per heavy atom. The van der Waals surface area contributed by atoms with Gasteiger partial charge in [-0.15, -0.1) is 0 Å². The third-order valence-corrected chi connectivity index (χ3v) is 3.33. The van der Waals surface area contributed by atoms with Crippen molar-refractivity contribution in [3.8, 4) is 0 Å². The first kappa shape index (κ1) is 11.9. The van der Waals surface area contributed by atoms with Gasteiger partial charge in [0, 0.05) is 12.6 Å². The van der Waals surface area contributed by atoms with Gasteiger partial charge in [0.25, 0.3) is 0 Å². The second kappa shape index (κ2) is 5.24. The Balaban J connectivity index is 1.60. The topological polar surface area (TPSA) is 67.2 Å². The summed E-state index contributed by atoms with van der Waals surface area (Å²) >= 11 is 0. The highest BCUT2D eigenvalue weighted by Crippen LogP contribution is 2.16. The van der Waals surface area contributed by atoms with Crippen LogP contribution in [0.4, 0.5) is 0 Å². The van der Waals surface area contributed by atoms with E-state index in [1.165, 1.54) is 11.1 Å². The summed E-state index contributed by atoms with van der Waals surface area (Å²) in [5, 5.41) is 9.70. The van der Waals surface area contributed by atoms with E-state index in [4.69, 9.17) is 4.52 Å². The smallest absolute Gasteiger partial charge is 0.237 e. The molecule has 1 atom stereocenters. The van der Waals surface area contributed by atoms with Crippen LogP contribution in [0.25, 0.3) is 0 Å². The van der Waals surface area contributed by atoms with E-state index >= 15 is 0 Å². The highest BCUT2D eigenvalue weighted by molar-refractivity contribution is 5.82. The normalized spacial score (nSPS) is 17.8. The van der Waals surface area contributed by atoms with Gasteiger partial charge in [0.15, 0.2) is 5.76 Å².